The normalized spacial score (nSPS) is 21.5. The van der Waals surface area contributed by atoms with Crippen molar-refractivity contribution >= 4 is 28.8 Å². The van der Waals surface area contributed by atoms with Crippen LogP contribution in [0.2, 0.25) is 0 Å². The number of carboxylic acids is 1. The minimum atomic E-state index is -0.812. The largest absolute Gasteiger partial charge is 0.481 e. The summed E-state index contributed by atoms with van der Waals surface area (Å²) in [7, 11) is 0. The van der Waals surface area contributed by atoms with Crippen LogP contribution in [0.5, 0.6) is 0 Å². The third-order valence-electron chi connectivity index (χ3n) is 4.30. The van der Waals surface area contributed by atoms with Gasteiger partial charge in [0.05, 0.1) is 17.3 Å². The molecule has 2 aliphatic heterocycles. The third kappa shape index (κ3) is 2.82. The first-order valence-electron chi connectivity index (χ1n) is 7.59. The summed E-state index contributed by atoms with van der Waals surface area (Å²) in [6.07, 6.45) is 2.39. The lowest BCUT2D eigenvalue weighted by molar-refractivity contribution is -0.137. The van der Waals surface area contributed by atoms with Crippen LogP contribution >= 0.6 is 0 Å². The van der Waals surface area contributed by atoms with Crippen LogP contribution in [-0.2, 0) is 9.59 Å². The van der Waals surface area contributed by atoms with Crippen molar-refractivity contribution in [3.8, 4) is 0 Å². The second-order valence-corrected chi connectivity index (χ2v) is 5.79. The number of aliphatic imine (C=N–C) groups is 1. The van der Waals surface area contributed by atoms with E-state index < -0.39 is 5.97 Å². The molecule has 0 aliphatic carbocycles. The highest BCUT2D eigenvalue weighted by atomic mass is 16.4. The Morgan fingerprint density at radius 1 is 1.39 bits per heavy atom. The van der Waals surface area contributed by atoms with Gasteiger partial charge in [-0.2, -0.15) is 0 Å². The Hall–Kier alpha value is -2.69. The molecule has 1 aromatic carbocycles. The fourth-order valence-electron chi connectivity index (χ4n) is 3.06. The number of hydrogen-bond donors (Lipinski definition) is 2. The molecule has 0 saturated carbocycles. The van der Waals surface area contributed by atoms with Gasteiger partial charge in [0.1, 0.15) is 0 Å². The van der Waals surface area contributed by atoms with Crippen LogP contribution in [0.3, 0.4) is 0 Å². The maximum absolute atomic E-state index is 12.2. The van der Waals surface area contributed by atoms with Crippen molar-refractivity contribution < 1.29 is 14.7 Å². The standard InChI is InChI=1S/C18H18N2O3/c1-10-12(7-8-17(21)22)11(2)19-16(10)9-14-13-5-3-4-6-15(13)20-18(14)23/h3-6,9,11H,7-8H2,1-2H3,(H,20,23)(H,21,22)/b14-9-. The van der Waals surface area contributed by atoms with Crippen LogP contribution in [-0.4, -0.2) is 28.7 Å². The van der Waals surface area contributed by atoms with Crippen molar-refractivity contribution in [3.63, 3.8) is 0 Å². The van der Waals surface area contributed by atoms with Crippen molar-refractivity contribution in [1.29, 1.82) is 0 Å². The van der Waals surface area contributed by atoms with Crippen molar-refractivity contribution in [2.75, 3.05) is 5.32 Å². The zero-order chi connectivity index (χ0) is 16.6. The minimum Gasteiger partial charge on any atom is -0.481 e. The molecule has 118 valence electrons. The number of nitrogens with zero attached hydrogens (tertiary/aromatic N) is 1. The van der Waals surface area contributed by atoms with E-state index in [1.54, 1.807) is 6.08 Å². The lowest BCUT2D eigenvalue weighted by Gasteiger charge is -2.06. The van der Waals surface area contributed by atoms with E-state index in [0.29, 0.717) is 12.0 Å². The molecule has 1 atom stereocenters. The Balaban J connectivity index is 1.92. The molecule has 2 heterocycles. The highest BCUT2D eigenvalue weighted by Gasteiger charge is 2.27. The first kappa shape index (κ1) is 15.2. The zero-order valence-corrected chi connectivity index (χ0v) is 13.1. The van der Waals surface area contributed by atoms with Crippen LogP contribution in [0.1, 0.15) is 32.3 Å². The van der Waals surface area contributed by atoms with Crippen LogP contribution in [0, 0.1) is 0 Å². The molecule has 0 saturated heterocycles. The van der Waals surface area contributed by atoms with Gasteiger partial charge in [0.25, 0.3) is 5.91 Å². The average Bonchev–Trinajstić information content (AvgIpc) is 2.95. The zero-order valence-electron chi connectivity index (χ0n) is 13.1. The maximum atomic E-state index is 12.2. The lowest BCUT2D eigenvalue weighted by Crippen LogP contribution is -2.06. The Kier molecular flexibility index (Phi) is 3.86. The molecule has 0 bridgehead atoms. The summed E-state index contributed by atoms with van der Waals surface area (Å²) in [6, 6.07) is 7.51. The quantitative estimate of drug-likeness (QED) is 0.839. The van der Waals surface area contributed by atoms with Crippen LogP contribution in [0.4, 0.5) is 5.69 Å². The highest BCUT2D eigenvalue weighted by molar-refractivity contribution is 6.35. The maximum Gasteiger partial charge on any atom is 0.303 e. The molecule has 0 aromatic heterocycles. The monoisotopic (exact) mass is 310 g/mol. The number of nitrogens with one attached hydrogen (secondary N) is 1. The predicted octanol–water partition coefficient (Wildman–Crippen LogP) is 3.05. The van der Waals surface area contributed by atoms with E-state index in [1.807, 2.05) is 38.1 Å². The Labute approximate surface area is 134 Å². The molecule has 5 nitrogen and oxygen atoms in total. The van der Waals surface area contributed by atoms with E-state index >= 15 is 0 Å². The number of allylic oxidation sites excluding steroid dienone is 2. The number of benzene rings is 1. The molecule has 1 aromatic rings. The number of carbonyl (C=O) groups is 2. The first-order chi connectivity index (χ1) is 11.0. The van der Waals surface area contributed by atoms with E-state index in [9.17, 15) is 9.59 Å². The van der Waals surface area contributed by atoms with Crippen LogP contribution in [0.15, 0.2) is 46.5 Å². The molecular weight excluding hydrogens is 292 g/mol. The molecule has 2 aliphatic rings. The number of anilines is 1. The topological polar surface area (TPSA) is 78.8 Å². The van der Waals surface area contributed by atoms with Crippen molar-refractivity contribution in [1.82, 2.24) is 0 Å². The number of carboxylic acid groups (broad SMARTS) is 1. The molecule has 0 fully saturated rings. The number of carbonyl (C=O) groups excluding carboxylic acids is 1. The summed E-state index contributed by atoms with van der Waals surface area (Å²) < 4.78 is 0. The number of fused-ring (bicyclic) bond motifs is 1. The van der Waals surface area contributed by atoms with Gasteiger partial charge in [-0.05, 0) is 43.6 Å². The van der Waals surface area contributed by atoms with Gasteiger partial charge in [-0.15, -0.1) is 0 Å². The Morgan fingerprint density at radius 3 is 2.87 bits per heavy atom. The molecule has 1 unspecified atom stereocenters. The summed E-state index contributed by atoms with van der Waals surface area (Å²) in [5.41, 5.74) is 5.06. The summed E-state index contributed by atoms with van der Waals surface area (Å²) in [4.78, 5) is 27.6. The van der Waals surface area contributed by atoms with Gasteiger partial charge >= 0.3 is 5.97 Å². The van der Waals surface area contributed by atoms with E-state index in [0.717, 1.165) is 28.1 Å². The van der Waals surface area contributed by atoms with E-state index in [1.165, 1.54) is 0 Å². The third-order valence-corrected chi connectivity index (χ3v) is 4.30. The van der Waals surface area contributed by atoms with Crippen LogP contribution in [0.25, 0.3) is 5.57 Å². The summed E-state index contributed by atoms with van der Waals surface area (Å²) in [5.74, 6) is -0.943. The van der Waals surface area contributed by atoms with Crippen LogP contribution < -0.4 is 5.32 Å². The van der Waals surface area contributed by atoms with Gasteiger partial charge in [-0.3, -0.25) is 14.6 Å². The molecule has 3 rings (SSSR count). The minimum absolute atomic E-state index is 0.0408. The molecule has 0 spiro atoms. The fraction of sp³-hybridized carbons (Fsp3) is 0.278. The van der Waals surface area contributed by atoms with Gasteiger partial charge in [-0.1, -0.05) is 18.2 Å². The lowest BCUT2D eigenvalue weighted by atomic mass is 9.97. The van der Waals surface area contributed by atoms with E-state index in [2.05, 4.69) is 10.3 Å². The van der Waals surface area contributed by atoms with Gasteiger partial charge < -0.3 is 10.4 Å². The SMILES string of the molecule is CC1=C(CCC(=O)O)C(C)N=C1/C=C1\C(=O)Nc2ccccc21. The molecule has 0 radical (unpaired) electrons. The summed E-state index contributed by atoms with van der Waals surface area (Å²) in [5, 5.41) is 11.7. The predicted molar refractivity (Wildman–Crippen MR) is 89.5 cm³/mol. The summed E-state index contributed by atoms with van der Waals surface area (Å²) in [6.45, 7) is 3.89. The molecule has 5 heteroatoms. The molecule has 2 N–H and O–H groups in total. The first-order valence-corrected chi connectivity index (χ1v) is 7.59. The van der Waals surface area contributed by atoms with E-state index in [-0.39, 0.29) is 18.4 Å². The average molecular weight is 310 g/mol. The molecule has 1 amide bonds. The van der Waals surface area contributed by atoms with Crippen molar-refractivity contribution in [2.45, 2.75) is 32.7 Å². The highest BCUT2D eigenvalue weighted by Crippen LogP contribution is 2.33. The van der Waals surface area contributed by atoms with Gasteiger partial charge in [-0.25, -0.2) is 0 Å². The Morgan fingerprint density at radius 2 is 2.13 bits per heavy atom. The summed E-state index contributed by atoms with van der Waals surface area (Å²) >= 11 is 0. The number of para-hydroxylation sites is 1. The molecule has 23 heavy (non-hydrogen) atoms. The fourth-order valence-corrected chi connectivity index (χ4v) is 3.06. The number of hydrogen-bond acceptors (Lipinski definition) is 3. The second-order valence-electron chi connectivity index (χ2n) is 5.79. The number of aliphatic carboxylic acids is 1. The number of rotatable bonds is 4. The Bertz CT molecular complexity index is 787. The number of amides is 1. The van der Waals surface area contributed by atoms with Gasteiger partial charge in [0.15, 0.2) is 0 Å². The van der Waals surface area contributed by atoms with Gasteiger partial charge in [0, 0.05) is 17.7 Å². The van der Waals surface area contributed by atoms with Crippen molar-refractivity contribution in [2.24, 2.45) is 4.99 Å². The van der Waals surface area contributed by atoms with Gasteiger partial charge in [0.2, 0.25) is 0 Å². The van der Waals surface area contributed by atoms with Crippen molar-refractivity contribution in [3.05, 3.63) is 47.1 Å². The smallest absolute Gasteiger partial charge is 0.303 e. The van der Waals surface area contributed by atoms with E-state index in [4.69, 9.17) is 5.11 Å². The second kappa shape index (κ2) is 5.83. The molecular formula is C18H18N2O3.